The van der Waals surface area contributed by atoms with E-state index in [4.69, 9.17) is 0 Å². The van der Waals surface area contributed by atoms with Crippen LogP contribution in [0.15, 0.2) is 6.20 Å². The maximum absolute atomic E-state index is 12.4. The number of nitrogens with one attached hydrogen (secondary N) is 2. The third-order valence-corrected chi connectivity index (χ3v) is 6.24. The van der Waals surface area contributed by atoms with E-state index in [9.17, 15) is 13.2 Å². The standard InChI is InChI=1S/C15H27N5O3S/c1-4-6-8-20-12(3)14(10-16-20)18-15(21)19-9-7-13(11-19)24(22,23)17-5-2/h10,13,17H,4-9,11H2,1-3H3,(H,18,21). The summed E-state index contributed by atoms with van der Waals surface area (Å²) >= 11 is 0. The van der Waals surface area contributed by atoms with Crippen LogP contribution in [0.25, 0.3) is 0 Å². The van der Waals surface area contributed by atoms with Crippen LogP contribution in [0.3, 0.4) is 0 Å². The van der Waals surface area contributed by atoms with E-state index in [2.05, 4.69) is 22.1 Å². The van der Waals surface area contributed by atoms with Gasteiger partial charge in [0, 0.05) is 26.2 Å². The molecule has 2 N–H and O–H groups in total. The zero-order valence-corrected chi connectivity index (χ0v) is 15.4. The number of likely N-dealkylation sites (tertiary alicyclic amines) is 1. The molecule has 1 fully saturated rings. The van der Waals surface area contributed by atoms with Crippen LogP contribution in [0.2, 0.25) is 0 Å². The molecule has 0 spiro atoms. The maximum atomic E-state index is 12.4. The van der Waals surface area contributed by atoms with E-state index < -0.39 is 15.3 Å². The van der Waals surface area contributed by atoms with Crippen LogP contribution in [0, 0.1) is 6.92 Å². The van der Waals surface area contributed by atoms with Gasteiger partial charge in [-0.25, -0.2) is 17.9 Å². The Morgan fingerprint density at radius 3 is 2.83 bits per heavy atom. The fourth-order valence-electron chi connectivity index (χ4n) is 2.78. The van der Waals surface area contributed by atoms with E-state index in [0.29, 0.717) is 25.2 Å². The van der Waals surface area contributed by atoms with Gasteiger partial charge in [0.15, 0.2) is 0 Å². The highest BCUT2D eigenvalue weighted by atomic mass is 32.2. The molecule has 0 aliphatic carbocycles. The number of anilines is 1. The first-order chi connectivity index (χ1) is 11.4. The number of urea groups is 1. The number of sulfonamides is 1. The largest absolute Gasteiger partial charge is 0.323 e. The fourth-order valence-corrected chi connectivity index (χ4v) is 4.21. The molecule has 1 aliphatic heterocycles. The molecule has 0 bridgehead atoms. The summed E-state index contributed by atoms with van der Waals surface area (Å²) in [6.45, 7) is 7.61. The molecule has 0 saturated carbocycles. The Morgan fingerprint density at radius 1 is 1.42 bits per heavy atom. The highest BCUT2D eigenvalue weighted by molar-refractivity contribution is 7.90. The monoisotopic (exact) mass is 357 g/mol. The van der Waals surface area contributed by atoms with Crippen molar-refractivity contribution in [2.75, 3.05) is 25.0 Å². The van der Waals surface area contributed by atoms with Gasteiger partial charge in [0.1, 0.15) is 0 Å². The number of nitrogens with zero attached hydrogens (tertiary/aromatic N) is 3. The minimum absolute atomic E-state index is 0.212. The first-order valence-electron chi connectivity index (χ1n) is 8.45. The fraction of sp³-hybridized carbons (Fsp3) is 0.733. The average Bonchev–Trinajstić information content (AvgIpc) is 3.15. The molecule has 0 aromatic carbocycles. The van der Waals surface area contributed by atoms with E-state index in [1.807, 2.05) is 11.6 Å². The van der Waals surface area contributed by atoms with Crippen molar-refractivity contribution in [3.63, 3.8) is 0 Å². The Labute approximate surface area is 143 Å². The molecule has 9 heteroatoms. The number of aromatic nitrogens is 2. The average molecular weight is 357 g/mol. The molecule has 0 radical (unpaired) electrons. The predicted octanol–water partition coefficient (Wildman–Crippen LogP) is 1.54. The number of rotatable bonds is 7. The summed E-state index contributed by atoms with van der Waals surface area (Å²) in [6.07, 6.45) is 4.21. The van der Waals surface area contributed by atoms with Gasteiger partial charge >= 0.3 is 6.03 Å². The summed E-state index contributed by atoms with van der Waals surface area (Å²) in [7, 11) is -3.35. The van der Waals surface area contributed by atoms with Crippen molar-refractivity contribution >= 4 is 21.7 Å². The molecule has 1 aromatic rings. The van der Waals surface area contributed by atoms with Gasteiger partial charge < -0.3 is 10.2 Å². The molecule has 1 saturated heterocycles. The second-order valence-electron chi connectivity index (χ2n) is 6.05. The van der Waals surface area contributed by atoms with E-state index in [1.165, 1.54) is 0 Å². The van der Waals surface area contributed by atoms with Gasteiger partial charge in [0.25, 0.3) is 0 Å². The summed E-state index contributed by atoms with van der Waals surface area (Å²) in [5.74, 6) is 0. The highest BCUT2D eigenvalue weighted by Gasteiger charge is 2.34. The third kappa shape index (κ3) is 4.27. The van der Waals surface area contributed by atoms with Crippen LogP contribution in [0.5, 0.6) is 0 Å². The summed E-state index contributed by atoms with van der Waals surface area (Å²) in [6, 6.07) is -0.276. The number of hydrogen-bond donors (Lipinski definition) is 2. The van der Waals surface area contributed by atoms with Crippen LogP contribution in [-0.2, 0) is 16.6 Å². The Hall–Kier alpha value is -1.61. The summed E-state index contributed by atoms with van der Waals surface area (Å²) in [5, 5.41) is 6.59. The molecule has 2 rings (SSSR count). The molecule has 1 aliphatic rings. The number of amides is 2. The van der Waals surface area contributed by atoms with E-state index >= 15 is 0 Å². The highest BCUT2D eigenvalue weighted by Crippen LogP contribution is 2.19. The van der Waals surface area contributed by atoms with Gasteiger partial charge in [-0.2, -0.15) is 5.10 Å². The molecule has 24 heavy (non-hydrogen) atoms. The first kappa shape index (κ1) is 18.7. The Morgan fingerprint density at radius 2 is 2.17 bits per heavy atom. The van der Waals surface area contributed by atoms with E-state index in [0.717, 1.165) is 25.1 Å². The van der Waals surface area contributed by atoms with Crippen molar-refractivity contribution < 1.29 is 13.2 Å². The van der Waals surface area contributed by atoms with Gasteiger partial charge in [0.05, 0.1) is 22.8 Å². The van der Waals surface area contributed by atoms with Crippen molar-refractivity contribution in [1.82, 2.24) is 19.4 Å². The Bertz CT molecular complexity index is 671. The second kappa shape index (κ2) is 7.98. The van der Waals surface area contributed by atoms with Gasteiger partial charge in [0.2, 0.25) is 10.0 Å². The smallest absolute Gasteiger partial charge is 0.321 e. The molecule has 136 valence electrons. The molecule has 1 unspecified atom stereocenters. The topological polar surface area (TPSA) is 96.3 Å². The lowest BCUT2D eigenvalue weighted by Gasteiger charge is -2.17. The number of carbonyl (C=O) groups is 1. The number of unbranched alkanes of at least 4 members (excludes halogenated alkanes) is 1. The molecule has 1 atom stereocenters. The van der Waals surface area contributed by atoms with Crippen LogP contribution < -0.4 is 10.0 Å². The van der Waals surface area contributed by atoms with Crippen molar-refractivity contribution in [3.05, 3.63) is 11.9 Å². The number of aryl methyl sites for hydroxylation is 1. The van der Waals surface area contributed by atoms with Gasteiger partial charge in [-0.1, -0.05) is 20.3 Å². The van der Waals surface area contributed by atoms with E-state index in [-0.39, 0.29) is 12.6 Å². The van der Waals surface area contributed by atoms with Gasteiger partial charge in [-0.05, 0) is 19.8 Å². The van der Waals surface area contributed by atoms with E-state index in [1.54, 1.807) is 18.0 Å². The maximum Gasteiger partial charge on any atom is 0.321 e. The first-order valence-corrected chi connectivity index (χ1v) is 10.0. The van der Waals surface area contributed by atoms with Crippen LogP contribution in [0.4, 0.5) is 10.5 Å². The van der Waals surface area contributed by atoms with Crippen LogP contribution in [0.1, 0.15) is 38.8 Å². The van der Waals surface area contributed by atoms with Crippen LogP contribution in [-0.4, -0.2) is 54.0 Å². The van der Waals surface area contributed by atoms with Crippen LogP contribution >= 0.6 is 0 Å². The Balaban J connectivity index is 1.95. The molecular weight excluding hydrogens is 330 g/mol. The van der Waals surface area contributed by atoms with Gasteiger partial charge in [-0.3, -0.25) is 4.68 Å². The second-order valence-corrected chi connectivity index (χ2v) is 8.10. The lowest BCUT2D eigenvalue weighted by molar-refractivity contribution is 0.222. The van der Waals surface area contributed by atoms with Crippen molar-refractivity contribution in [1.29, 1.82) is 0 Å². The van der Waals surface area contributed by atoms with Crippen molar-refractivity contribution in [2.45, 2.75) is 51.8 Å². The van der Waals surface area contributed by atoms with Crippen molar-refractivity contribution in [3.8, 4) is 0 Å². The normalized spacial score (nSPS) is 18.1. The number of carbonyl (C=O) groups excluding carboxylic acids is 1. The predicted molar refractivity (Wildman–Crippen MR) is 93.5 cm³/mol. The lowest BCUT2D eigenvalue weighted by atomic mass is 10.3. The third-order valence-electron chi connectivity index (χ3n) is 4.28. The van der Waals surface area contributed by atoms with Gasteiger partial charge in [-0.15, -0.1) is 0 Å². The molecule has 1 aromatic heterocycles. The SMILES string of the molecule is CCCCn1ncc(NC(=O)N2CCC(S(=O)(=O)NCC)C2)c1C. The quantitative estimate of drug-likeness (QED) is 0.773. The zero-order valence-electron chi connectivity index (χ0n) is 14.6. The number of hydrogen-bond acceptors (Lipinski definition) is 4. The summed E-state index contributed by atoms with van der Waals surface area (Å²) in [5.41, 5.74) is 1.59. The molecule has 2 amide bonds. The minimum atomic E-state index is -3.35. The molecule has 2 heterocycles. The lowest BCUT2D eigenvalue weighted by Crippen LogP contribution is -2.38. The Kier molecular flexibility index (Phi) is 6.22. The molecule has 8 nitrogen and oxygen atoms in total. The zero-order chi connectivity index (χ0) is 17.7. The van der Waals surface area contributed by atoms with Crippen molar-refractivity contribution in [2.24, 2.45) is 0 Å². The summed E-state index contributed by atoms with van der Waals surface area (Å²) < 4.78 is 28.5. The summed E-state index contributed by atoms with van der Waals surface area (Å²) in [4.78, 5) is 13.9. The molecular formula is C15H27N5O3S. The minimum Gasteiger partial charge on any atom is -0.323 e.